The van der Waals surface area contributed by atoms with Crippen molar-refractivity contribution in [2.45, 2.75) is 30.6 Å². The highest BCUT2D eigenvalue weighted by Crippen LogP contribution is 2.30. The van der Waals surface area contributed by atoms with Crippen molar-refractivity contribution in [2.75, 3.05) is 23.0 Å². The van der Waals surface area contributed by atoms with Crippen molar-refractivity contribution in [3.63, 3.8) is 0 Å². The molecule has 21 heavy (non-hydrogen) atoms. The van der Waals surface area contributed by atoms with Crippen LogP contribution in [0.25, 0.3) is 0 Å². The van der Waals surface area contributed by atoms with Gasteiger partial charge in [-0.3, -0.25) is 9.78 Å². The summed E-state index contributed by atoms with van der Waals surface area (Å²) in [4.78, 5) is 18.0. The molecule has 0 aromatic carbocycles. The summed E-state index contributed by atoms with van der Waals surface area (Å²) in [6.45, 7) is -0.444. The Hall–Kier alpha value is -1.92. The highest BCUT2D eigenvalue weighted by atomic mass is 16.5. The zero-order chi connectivity index (χ0) is 14.4. The molecule has 1 aromatic heterocycles. The van der Waals surface area contributed by atoms with E-state index in [-0.39, 0.29) is 22.9 Å². The second-order valence-corrected chi connectivity index (χ2v) is 4.75. The molecule has 2 aliphatic heterocycles. The van der Waals surface area contributed by atoms with Gasteiger partial charge in [-0.25, -0.2) is 0 Å². The van der Waals surface area contributed by atoms with E-state index in [0.717, 1.165) is 0 Å². The normalized spacial score (nSPS) is 33.8. The average molecular weight is 303 g/mol. The molecule has 11 nitrogen and oxygen atoms in total. The number of aliphatic hydroxyl groups excluding tert-OH is 3. The Kier molecular flexibility index (Phi) is 4.02. The third kappa shape index (κ3) is 2.41. The van der Waals surface area contributed by atoms with E-state index in [0.29, 0.717) is 0 Å². The average Bonchev–Trinajstić information content (AvgIpc) is 2.41. The van der Waals surface area contributed by atoms with Gasteiger partial charge in [0.2, 0.25) is 5.95 Å². The van der Waals surface area contributed by atoms with Crippen molar-refractivity contribution >= 4 is 17.5 Å². The monoisotopic (exact) mass is 303 g/mol. The number of nitrogen functional groups attached to an aromatic ring is 1. The number of nitrogens with two attached hydrogens (primary N) is 1. The lowest BCUT2D eigenvalue weighted by atomic mass is 9.94. The maximum absolute atomic E-state index is 11.8. The van der Waals surface area contributed by atoms with Crippen molar-refractivity contribution in [3.05, 3.63) is 10.4 Å². The molecule has 0 spiro atoms. The summed E-state index contributed by atoms with van der Waals surface area (Å²) in [5.74, 6) is 0.129. The molecule has 1 aromatic rings. The van der Waals surface area contributed by atoms with Crippen LogP contribution >= 0.6 is 0 Å². The lowest BCUT2D eigenvalue weighted by molar-refractivity contribution is -0.178. The minimum Gasteiger partial charge on any atom is -0.412 e. The first-order chi connectivity index (χ1) is 9.51. The molecule has 1 fully saturated rings. The number of hydrogen-bond acceptors (Lipinski definition) is 9. The zero-order valence-electron chi connectivity index (χ0n) is 10.8. The third-order valence-electron chi connectivity index (χ3n) is 3.45. The molecule has 3 rings (SSSR count). The van der Waals surface area contributed by atoms with Gasteiger partial charge in [0, 0.05) is 0 Å². The Morgan fingerprint density at radius 1 is 1.29 bits per heavy atom. The van der Waals surface area contributed by atoms with Crippen molar-refractivity contribution in [1.82, 2.24) is 9.97 Å². The van der Waals surface area contributed by atoms with Crippen LogP contribution in [0.15, 0.2) is 4.79 Å². The Balaban J connectivity index is 0.00000161. The number of hydrogen-bond donors (Lipinski definition) is 7. The summed E-state index contributed by atoms with van der Waals surface area (Å²) in [7, 11) is 0. The molecule has 0 bridgehead atoms. The quantitative estimate of drug-likeness (QED) is 0.271. The van der Waals surface area contributed by atoms with Crippen molar-refractivity contribution in [3.8, 4) is 0 Å². The highest BCUT2D eigenvalue weighted by Gasteiger charge is 2.47. The number of fused-ring (bicyclic) bond motifs is 2. The number of aliphatic hydroxyl groups is 3. The number of aromatic nitrogens is 2. The largest absolute Gasteiger partial charge is 0.412 e. The molecule has 0 aliphatic carbocycles. The maximum Gasteiger partial charge on any atom is 0.277 e. The molecule has 118 valence electrons. The smallest absolute Gasteiger partial charge is 0.277 e. The number of nitrogens with one attached hydrogen (secondary N) is 3. The number of rotatable bonds is 1. The van der Waals surface area contributed by atoms with Gasteiger partial charge in [-0.1, -0.05) is 0 Å². The minimum atomic E-state index is -1.27. The van der Waals surface area contributed by atoms with Gasteiger partial charge in [0.1, 0.15) is 30.0 Å². The predicted molar refractivity (Wildman–Crippen MR) is 71.7 cm³/mol. The summed E-state index contributed by atoms with van der Waals surface area (Å²) >= 11 is 0. The third-order valence-corrected chi connectivity index (χ3v) is 3.45. The van der Waals surface area contributed by atoms with Crippen molar-refractivity contribution in [1.29, 1.82) is 0 Å². The van der Waals surface area contributed by atoms with E-state index in [4.69, 9.17) is 15.6 Å². The number of nitrogens with zero attached hydrogens (tertiary/aromatic N) is 1. The molecule has 0 radical (unpaired) electrons. The van der Waals surface area contributed by atoms with Crippen molar-refractivity contribution in [2.24, 2.45) is 0 Å². The Labute approximate surface area is 118 Å². The van der Waals surface area contributed by atoms with E-state index in [1.807, 2.05) is 0 Å². The topological polar surface area (TPSA) is 197 Å². The highest BCUT2D eigenvalue weighted by molar-refractivity contribution is 5.68. The molecule has 11 heteroatoms. The van der Waals surface area contributed by atoms with E-state index in [9.17, 15) is 15.0 Å². The fourth-order valence-electron chi connectivity index (χ4n) is 2.43. The van der Waals surface area contributed by atoms with Crippen molar-refractivity contribution < 1.29 is 25.5 Å². The fourth-order valence-corrected chi connectivity index (χ4v) is 2.43. The van der Waals surface area contributed by atoms with Gasteiger partial charge in [0.25, 0.3) is 5.56 Å². The maximum atomic E-state index is 11.8. The summed E-state index contributed by atoms with van der Waals surface area (Å²) in [6, 6.07) is -0.758. The molecule has 5 atom stereocenters. The van der Waals surface area contributed by atoms with E-state index < -0.39 is 42.7 Å². The van der Waals surface area contributed by atoms with Gasteiger partial charge in [0.15, 0.2) is 12.0 Å². The lowest BCUT2D eigenvalue weighted by Gasteiger charge is -2.45. The molecule has 2 aliphatic rings. The second-order valence-electron chi connectivity index (χ2n) is 4.75. The number of H-pyrrole nitrogens is 1. The molecule has 0 amide bonds. The molecular formula is C10H17N5O6. The first-order valence-electron chi connectivity index (χ1n) is 6.06. The van der Waals surface area contributed by atoms with Crippen LogP contribution in [-0.4, -0.2) is 68.0 Å². The van der Waals surface area contributed by atoms with E-state index in [2.05, 4.69) is 20.6 Å². The SMILES string of the molecule is Nc1nc2c(c(=O)[nH]1)N[C@H]1[C@@H](O)[C@@H](O)[C@@H](CO)O[C@H]1N2.O. The molecule has 1 saturated heterocycles. The standard InChI is InChI=1S/C10H15N5O5.H2O/c11-10-14-7-4(8(19)15-10)12-3-6(18)5(17)2(1-16)20-9(3)13-7;/h2-3,5-6,9,12,16-18H,1H2,(H4,11,13,14,15,19);1H2/t2-,3+,5+,6-,9-;/m1./s1. The van der Waals surface area contributed by atoms with Gasteiger partial charge in [-0.2, -0.15) is 4.98 Å². The summed E-state index contributed by atoms with van der Waals surface area (Å²) in [6.07, 6.45) is -4.17. The molecule has 0 unspecified atom stereocenters. The fraction of sp³-hybridized carbons (Fsp3) is 0.600. The first kappa shape index (κ1) is 15.5. The minimum absolute atomic E-state index is 0. The Bertz CT molecular complexity index is 580. The van der Waals surface area contributed by atoms with Crippen LogP contribution in [0.3, 0.4) is 0 Å². The van der Waals surface area contributed by atoms with Crippen LogP contribution in [0, 0.1) is 0 Å². The van der Waals surface area contributed by atoms with Gasteiger partial charge >= 0.3 is 0 Å². The van der Waals surface area contributed by atoms with Gasteiger partial charge in [0.05, 0.1) is 6.61 Å². The van der Waals surface area contributed by atoms with E-state index in [1.165, 1.54) is 0 Å². The zero-order valence-corrected chi connectivity index (χ0v) is 10.8. The van der Waals surface area contributed by atoms with Crippen LogP contribution in [0.4, 0.5) is 17.5 Å². The summed E-state index contributed by atoms with van der Waals surface area (Å²) in [5, 5.41) is 34.6. The van der Waals surface area contributed by atoms with Crippen LogP contribution < -0.4 is 21.9 Å². The Morgan fingerprint density at radius 2 is 2.00 bits per heavy atom. The predicted octanol–water partition coefficient (Wildman–Crippen LogP) is -3.83. The number of anilines is 3. The second kappa shape index (κ2) is 5.46. The van der Waals surface area contributed by atoms with Crippen LogP contribution in [0.1, 0.15) is 0 Å². The summed E-state index contributed by atoms with van der Waals surface area (Å²) < 4.78 is 5.43. The molecule has 10 N–H and O–H groups in total. The van der Waals surface area contributed by atoms with E-state index in [1.54, 1.807) is 0 Å². The molecular weight excluding hydrogens is 286 g/mol. The van der Waals surface area contributed by atoms with E-state index >= 15 is 0 Å². The molecule has 3 heterocycles. The van der Waals surface area contributed by atoms with Gasteiger partial charge in [-0.05, 0) is 0 Å². The Morgan fingerprint density at radius 3 is 2.67 bits per heavy atom. The first-order valence-corrected chi connectivity index (χ1v) is 6.06. The van der Waals surface area contributed by atoms with Crippen LogP contribution in [-0.2, 0) is 4.74 Å². The lowest BCUT2D eigenvalue weighted by Crippen LogP contribution is -2.65. The molecule has 0 saturated carbocycles. The van der Waals surface area contributed by atoms with Gasteiger partial charge in [-0.15, -0.1) is 0 Å². The number of ether oxygens (including phenoxy) is 1. The van der Waals surface area contributed by atoms with Crippen LogP contribution in [0.5, 0.6) is 0 Å². The van der Waals surface area contributed by atoms with Gasteiger partial charge < -0.3 is 41.9 Å². The van der Waals surface area contributed by atoms with Crippen LogP contribution in [0.2, 0.25) is 0 Å². The summed E-state index contributed by atoms with van der Waals surface area (Å²) in [5.41, 5.74) is 5.06. The number of aromatic amines is 1.